The fraction of sp³-hybridized carbons (Fsp3) is 0.865. The maximum Gasteiger partial charge on any atom is 0.508 e. The summed E-state index contributed by atoms with van der Waals surface area (Å²) in [6.07, 6.45) is 16.9. The van der Waals surface area contributed by atoms with E-state index in [2.05, 4.69) is 59.8 Å². The summed E-state index contributed by atoms with van der Waals surface area (Å²) in [5, 5.41) is 0. The second-order valence-corrected chi connectivity index (χ2v) is 18.2. The van der Waals surface area contributed by atoms with Crippen molar-refractivity contribution in [1.82, 2.24) is 0 Å². The average Bonchev–Trinajstić information content (AvgIpc) is 3.32. The van der Waals surface area contributed by atoms with Crippen LogP contribution in [0.25, 0.3) is 0 Å². The van der Waals surface area contributed by atoms with E-state index in [-0.39, 0.29) is 36.8 Å². The van der Waals surface area contributed by atoms with Crippen LogP contribution >= 0.6 is 7.82 Å². The third-order valence-electron chi connectivity index (χ3n) is 12.6. The summed E-state index contributed by atoms with van der Waals surface area (Å²) in [6, 6.07) is 0. The maximum absolute atomic E-state index is 12.5. The van der Waals surface area contributed by atoms with E-state index in [1.165, 1.54) is 37.7 Å². The highest BCUT2D eigenvalue weighted by molar-refractivity contribution is 7.47. The van der Waals surface area contributed by atoms with E-state index in [4.69, 9.17) is 18.5 Å². The Hall–Kier alpha value is -1.22. The van der Waals surface area contributed by atoms with Crippen molar-refractivity contribution >= 4 is 14.0 Å². The normalized spacial score (nSPS) is 34.7. The van der Waals surface area contributed by atoms with Crippen LogP contribution < -0.4 is 0 Å². The molecule has 0 bridgehead atoms. The number of carbonyl (C=O) groups is 1. The molecule has 2 unspecified atom stereocenters. The molecule has 3 fully saturated rings. The molecule has 0 amide bonds. The molecule has 4 aliphatic carbocycles. The number of hydrogen-bond acceptors (Lipinski definition) is 7. The zero-order chi connectivity index (χ0) is 33.9. The Bertz CT molecular complexity index is 1150. The second-order valence-electron chi connectivity index (χ2n) is 16.8. The molecule has 0 aromatic rings. The number of ether oxygens (including phenoxy) is 2. The summed E-state index contributed by atoms with van der Waals surface area (Å²) in [5.41, 5.74) is 2.05. The van der Waals surface area contributed by atoms with Crippen LogP contribution in [0, 0.1) is 52.3 Å². The Morgan fingerprint density at radius 1 is 1.02 bits per heavy atom. The quantitative estimate of drug-likeness (QED) is 0.0635. The van der Waals surface area contributed by atoms with Gasteiger partial charge in [-0.2, -0.15) is 0 Å². The van der Waals surface area contributed by atoms with E-state index in [0.29, 0.717) is 40.1 Å². The second kappa shape index (κ2) is 16.2. The molecule has 272 valence electrons. The van der Waals surface area contributed by atoms with Crippen molar-refractivity contribution < 1.29 is 42.7 Å². The van der Waals surface area contributed by atoms with E-state index in [0.717, 1.165) is 43.4 Å². The topological polar surface area (TPSA) is 121 Å². The standard InChI is InChI=1S/C37H64NO7P.H2O/c1-10-28(26(2)3)12-11-27(4)32-15-16-33-31-14-13-29-25-30(17-19-36(29,5)34(31)18-20-37(32,33)6)45-35(39)42-23-24-44-46(40,41)43-22-21-38(7,8)9;/h11-13,26-28,30-34H,10,14-25H2,1-9H3;1H2/b12-11+;/t27-,28-,30?,31+,32-,33+,34+,36+,37-;/m1./s1. The van der Waals surface area contributed by atoms with Crippen LogP contribution in [0.5, 0.6) is 0 Å². The largest absolute Gasteiger partial charge is 0.870 e. The lowest BCUT2D eigenvalue weighted by molar-refractivity contribution is -0.870. The smallest absolute Gasteiger partial charge is 0.508 e. The SMILES string of the molecule is CC[C@H](/C=C/[C@@H](C)[C@H]1CC[C@H]2[C@@H]3CC=C4CC(OC(=O)OCCOP(=O)(O)OCC[N+](C)(C)C)CC[C@]4(C)[C@H]3CC[C@]12C)C(C)C.[OH-]. The maximum atomic E-state index is 12.5. The predicted octanol–water partition coefficient (Wildman–Crippen LogP) is 8.62. The van der Waals surface area contributed by atoms with Crippen LogP contribution in [0.15, 0.2) is 23.8 Å². The van der Waals surface area contributed by atoms with E-state index in [9.17, 15) is 14.3 Å². The van der Waals surface area contributed by atoms with E-state index >= 15 is 0 Å². The fourth-order valence-electron chi connectivity index (χ4n) is 9.83. The third kappa shape index (κ3) is 9.73. The molecular weight excluding hydrogens is 617 g/mol. The number of allylic oxidation sites excluding steroid dienone is 3. The number of phosphoric ester groups is 1. The van der Waals surface area contributed by atoms with Gasteiger partial charge in [-0.1, -0.05) is 65.3 Å². The first-order valence-corrected chi connectivity index (χ1v) is 19.6. The summed E-state index contributed by atoms with van der Waals surface area (Å²) in [5.74, 6) is 5.00. The van der Waals surface area contributed by atoms with E-state index in [1.807, 2.05) is 21.1 Å². The third-order valence-corrected chi connectivity index (χ3v) is 13.6. The van der Waals surface area contributed by atoms with Crippen LogP contribution in [-0.4, -0.2) is 74.6 Å². The van der Waals surface area contributed by atoms with Gasteiger partial charge < -0.3 is 24.3 Å². The minimum atomic E-state index is -4.19. The van der Waals surface area contributed by atoms with Gasteiger partial charge in [0.2, 0.25) is 0 Å². The number of fused-ring (bicyclic) bond motifs is 5. The summed E-state index contributed by atoms with van der Waals surface area (Å²) >= 11 is 0. The zero-order valence-corrected chi connectivity index (χ0v) is 31.7. The summed E-state index contributed by atoms with van der Waals surface area (Å²) < 4.78 is 33.5. The minimum absolute atomic E-state index is 0. The van der Waals surface area contributed by atoms with Gasteiger partial charge in [0.1, 0.15) is 25.9 Å². The van der Waals surface area contributed by atoms with Gasteiger partial charge in [-0.25, -0.2) is 9.36 Å². The minimum Gasteiger partial charge on any atom is -0.870 e. The summed E-state index contributed by atoms with van der Waals surface area (Å²) in [6.45, 7) is 14.8. The summed E-state index contributed by atoms with van der Waals surface area (Å²) in [7, 11) is 1.70. The predicted molar refractivity (Wildman–Crippen MR) is 185 cm³/mol. The molecule has 0 saturated heterocycles. The number of hydrogen-bond donors (Lipinski definition) is 1. The van der Waals surface area contributed by atoms with Crippen LogP contribution in [0.4, 0.5) is 4.79 Å². The fourth-order valence-corrected chi connectivity index (χ4v) is 10.5. The van der Waals surface area contributed by atoms with Crippen molar-refractivity contribution in [3.8, 4) is 0 Å². The Kier molecular flexibility index (Phi) is 13.9. The molecule has 9 nitrogen and oxygen atoms in total. The van der Waals surface area contributed by atoms with Gasteiger partial charge in [-0.15, -0.1) is 0 Å². The van der Waals surface area contributed by atoms with Gasteiger partial charge in [-0.3, -0.25) is 9.05 Å². The lowest BCUT2D eigenvalue weighted by Crippen LogP contribution is -2.51. The highest BCUT2D eigenvalue weighted by Crippen LogP contribution is 2.67. The van der Waals surface area contributed by atoms with Crippen LogP contribution in [0.1, 0.15) is 99.3 Å². The Morgan fingerprint density at radius 3 is 2.38 bits per heavy atom. The molecule has 3 saturated carbocycles. The lowest BCUT2D eigenvalue weighted by atomic mass is 9.47. The number of rotatable bonds is 14. The van der Waals surface area contributed by atoms with E-state index in [1.54, 1.807) is 0 Å². The van der Waals surface area contributed by atoms with Gasteiger partial charge in [0.25, 0.3) is 0 Å². The molecule has 4 rings (SSSR count). The zero-order valence-electron chi connectivity index (χ0n) is 30.8. The summed E-state index contributed by atoms with van der Waals surface area (Å²) in [4.78, 5) is 22.3. The van der Waals surface area contributed by atoms with Crippen LogP contribution in [-0.2, 0) is 23.1 Å². The van der Waals surface area contributed by atoms with Gasteiger partial charge in [0.15, 0.2) is 0 Å². The molecule has 2 N–H and O–H groups in total. The highest BCUT2D eigenvalue weighted by Gasteiger charge is 2.59. The first-order valence-electron chi connectivity index (χ1n) is 18.1. The van der Waals surface area contributed by atoms with Gasteiger partial charge in [0.05, 0.1) is 27.7 Å². The molecular formula is C37H66NO8P. The number of quaternary nitrogens is 1. The molecule has 0 aromatic heterocycles. The first kappa shape index (κ1) is 40.2. The molecule has 0 aliphatic heterocycles. The first-order chi connectivity index (χ1) is 21.5. The molecule has 0 aromatic carbocycles. The number of likely N-dealkylation sites (N-methyl/N-ethyl adjacent to an activating group) is 1. The molecule has 10 heteroatoms. The van der Waals surface area contributed by atoms with Gasteiger partial charge in [0, 0.05) is 6.42 Å². The molecule has 47 heavy (non-hydrogen) atoms. The van der Waals surface area contributed by atoms with Crippen LogP contribution in [0.2, 0.25) is 0 Å². The average molecular weight is 684 g/mol. The lowest BCUT2D eigenvalue weighted by Gasteiger charge is -2.58. The van der Waals surface area contributed by atoms with Crippen LogP contribution in [0.3, 0.4) is 0 Å². The Labute approximate surface area is 285 Å². The monoisotopic (exact) mass is 683 g/mol. The van der Waals surface area contributed by atoms with Crippen molar-refractivity contribution in [2.45, 2.75) is 105 Å². The van der Waals surface area contributed by atoms with Crippen molar-refractivity contribution in [3.05, 3.63) is 23.8 Å². The van der Waals surface area contributed by atoms with Crippen molar-refractivity contribution in [3.63, 3.8) is 0 Å². The van der Waals surface area contributed by atoms with Gasteiger partial charge in [-0.05, 0) is 104 Å². The Balaban J connectivity index is 0.00000600. The van der Waals surface area contributed by atoms with Gasteiger partial charge >= 0.3 is 14.0 Å². The number of phosphoric acid groups is 1. The number of nitrogens with zero attached hydrogens (tertiary/aromatic N) is 1. The Morgan fingerprint density at radius 2 is 1.72 bits per heavy atom. The highest BCUT2D eigenvalue weighted by atomic mass is 31.2. The number of carbonyl (C=O) groups excluding carboxylic acids is 1. The van der Waals surface area contributed by atoms with Crippen molar-refractivity contribution in [1.29, 1.82) is 0 Å². The van der Waals surface area contributed by atoms with Crippen molar-refractivity contribution in [2.75, 3.05) is 47.5 Å². The molecule has 0 heterocycles. The molecule has 0 radical (unpaired) electrons. The molecule has 0 spiro atoms. The van der Waals surface area contributed by atoms with E-state index < -0.39 is 14.0 Å². The molecule has 10 atom stereocenters. The molecule has 4 aliphatic rings. The van der Waals surface area contributed by atoms with Crippen molar-refractivity contribution in [2.24, 2.45) is 52.3 Å².